The molecule has 112 valence electrons. The van der Waals surface area contributed by atoms with E-state index in [4.69, 9.17) is 4.74 Å². The van der Waals surface area contributed by atoms with E-state index >= 15 is 0 Å². The average molecular weight is 283 g/mol. The van der Waals surface area contributed by atoms with E-state index in [9.17, 15) is 0 Å². The predicted molar refractivity (Wildman–Crippen MR) is 88.1 cm³/mol. The van der Waals surface area contributed by atoms with Crippen LogP contribution < -0.4 is 5.32 Å². The second-order valence-corrected chi connectivity index (χ2v) is 5.39. The fourth-order valence-corrected chi connectivity index (χ4v) is 2.60. The molecule has 0 fully saturated rings. The smallest absolute Gasteiger partial charge is 0.0713 e. The van der Waals surface area contributed by atoms with Crippen molar-refractivity contribution in [2.75, 3.05) is 7.11 Å². The zero-order chi connectivity index (χ0) is 14.9. The Bertz CT molecular complexity index is 524. The number of ether oxygens (including phenoxy) is 1. The van der Waals surface area contributed by atoms with Crippen LogP contribution in [0.1, 0.15) is 42.5 Å². The molecule has 2 heteroatoms. The molecule has 0 aliphatic carbocycles. The van der Waals surface area contributed by atoms with Crippen molar-refractivity contribution < 1.29 is 4.74 Å². The highest BCUT2D eigenvalue weighted by atomic mass is 16.5. The highest BCUT2D eigenvalue weighted by Gasteiger charge is 2.09. The summed E-state index contributed by atoms with van der Waals surface area (Å²) in [6, 6.07) is 19.7. The summed E-state index contributed by atoms with van der Waals surface area (Å²) in [5.74, 6) is 0. The monoisotopic (exact) mass is 283 g/mol. The van der Waals surface area contributed by atoms with Gasteiger partial charge in [0.15, 0.2) is 0 Å². The molecule has 0 aliphatic heterocycles. The first kappa shape index (κ1) is 15.7. The third kappa shape index (κ3) is 5.00. The summed E-state index contributed by atoms with van der Waals surface area (Å²) in [4.78, 5) is 0. The highest BCUT2D eigenvalue weighted by molar-refractivity contribution is 5.24. The van der Waals surface area contributed by atoms with Crippen molar-refractivity contribution in [3.63, 3.8) is 0 Å². The van der Waals surface area contributed by atoms with Gasteiger partial charge in [0, 0.05) is 19.7 Å². The number of nitrogens with one attached hydrogen (secondary N) is 1. The molecule has 0 radical (unpaired) electrons. The molecule has 2 rings (SSSR count). The molecule has 0 aliphatic rings. The molecule has 1 N–H and O–H groups in total. The van der Waals surface area contributed by atoms with Gasteiger partial charge in [0.25, 0.3) is 0 Å². The van der Waals surface area contributed by atoms with Crippen LogP contribution in [0, 0.1) is 0 Å². The summed E-state index contributed by atoms with van der Waals surface area (Å²) in [6.07, 6.45) is 2.33. The van der Waals surface area contributed by atoms with Gasteiger partial charge < -0.3 is 10.1 Å². The van der Waals surface area contributed by atoms with Gasteiger partial charge in [-0.1, -0.05) is 67.9 Å². The molecule has 2 aromatic carbocycles. The van der Waals surface area contributed by atoms with Crippen LogP contribution in [0.3, 0.4) is 0 Å². The summed E-state index contributed by atoms with van der Waals surface area (Å²) < 4.78 is 5.20. The summed E-state index contributed by atoms with van der Waals surface area (Å²) in [6.45, 7) is 3.79. The maximum absolute atomic E-state index is 5.20. The molecule has 0 spiro atoms. The third-order valence-corrected chi connectivity index (χ3v) is 3.63. The molecule has 0 aromatic heterocycles. The molecule has 0 saturated carbocycles. The Labute approximate surface area is 128 Å². The molecule has 0 saturated heterocycles. The van der Waals surface area contributed by atoms with Crippen molar-refractivity contribution in [2.24, 2.45) is 0 Å². The Balaban J connectivity index is 2.00. The second-order valence-electron chi connectivity index (χ2n) is 5.39. The van der Waals surface area contributed by atoms with Gasteiger partial charge in [-0.05, 0) is 23.1 Å². The summed E-state index contributed by atoms with van der Waals surface area (Å²) in [7, 11) is 1.73. The normalized spacial score (nSPS) is 12.3. The van der Waals surface area contributed by atoms with Crippen molar-refractivity contribution in [1.82, 2.24) is 5.32 Å². The van der Waals surface area contributed by atoms with Gasteiger partial charge in [-0.25, -0.2) is 0 Å². The lowest BCUT2D eigenvalue weighted by Crippen LogP contribution is -2.20. The first-order valence-corrected chi connectivity index (χ1v) is 7.68. The van der Waals surface area contributed by atoms with E-state index in [1.54, 1.807) is 7.11 Å². The minimum absolute atomic E-state index is 0.419. The van der Waals surface area contributed by atoms with Gasteiger partial charge in [0.05, 0.1) is 6.61 Å². The molecule has 21 heavy (non-hydrogen) atoms. The van der Waals surface area contributed by atoms with Gasteiger partial charge in [-0.2, -0.15) is 0 Å². The number of rotatable bonds is 8. The SMILES string of the molecule is CCCC(NCc1cccc(COC)c1)c1ccccc1. The Morgan fingerprint density at radius 3 is 2.48 bits per heavy atom. The predicted octanol–water partition coefficient (Wildman–Crippen LogP) is 4.46. The number of benzene rings is 2. The molecule has 1 atom stereocenters. The lowest BCUT2D eigenvalue weighted by molar-refractivity contribution is 0.185. The molecule has 2 nitrogen and oxygen atoms in total. The molecular weight excluding hydrogens is 258 g/mol. The lowest BCUT2D eigenvalue weighted by Gasteiger charge is -2.19. The molecule has 1 unspecified atom stereocenters. The minimum Gasteiger partial charge on any atom is -0.380 e. The van der Waals surface area contributed by atoms with Gasteiger partial charge in [-0.3, -0.25) is 0 Å². The van der Waals surface area contributed by atoms with Gasteiger partial charge in [0.1, 0.15) is 0 Å². The standard InChI is InChI=1S/C19H25NO/c1-3-8-19(18-11-5-4-6-12-18)20-14-16-9-7-10-17(13-16)15-21-2/h4-7,9-13,19-20H,3,8,14-15H2,1-2H3. The first-order valence-electron chi connectivity index (χ1n) is 7.68. The molecule has 0 amide bonds. The number of hydrogen-bond acceptors (Lipinski definition) is 2. The van der Waals surface area contributed by atoms with Crippen LogP contribution in [0.25, 0.3) is 0 Å². The van der Waals surface area contributed by atoms with Gasteiger partial charge >= 0.3 is 0 Å². The van der Waals surface area contributed by atoms with Gasteiger partial charge in [0.2, 0.25) is 0 Å². The van der Waals surface area contributed by atoms with Crippen molar-refractivity contribution in [2.45, 2.75) is 39.0 Å². The maximum Gasteiger partial charge on any atom is 0.0713 e. The number of methoxy groups -OCH3 is 1. The fraction of sp³-hybridized carbons (Fsp3) is 0.368. The van der Waals surface area contributed by atoms with Crippen LogP contribution in [0.2, 0.25) is 0 Å². The van der Waals surface area contributed by atoms with Crippen molar-refractivity contribution >= 4 is 0 Å². The second kappa shape index (κ2) is 8.60. The van der Waals surface area contributed by atoms with Gasteiger partial charge in [-0.15, -0.1) is 0 Å². The summed E-state index contributed by atoms with van der Waals surface area (Å²) >= 11 is 0. The van der Waals surface area contributed by atoms with E-state index < -0.39 is 0 Å². The average Bonchev–Trinajstić information content (AvgIpc) is 2.53. The van der Waals surface area contributed by atoms with E-state index in [1.165, 1.54) is 23.1 Å². The Morgan fingerprint density at radius 2 is 1.76 bits per heavy atom. The van der Waals surface area contributed by atoms with Crippen LogP contribution in [0.15, 0.2) is 54.6 Å². The largest absolute Gasteiger partial charge is 0.380 e. The Kier molecular flexibility index (Phi) is 6.45. The summed E-state index contributed by atoms with van der Waals surface area (Å²) in [5, 5.41) is 3.68. The van der Waals surface area contributed by atoms with E-state index in [2.05, 4.69) is 66.8 Å². The fourth-order valence-electron chi connectivity index (χ4n) is 2.60. The van der Waals surface area contributed by atoms with Crippen LogP contribution in [-0.4, -0.2) is 7.11 Å². The van der Waals surface area contributed by atoms with Crippen LogP contribution >= 0.6 is 0 Å². The molecular formula is C19H25NO. The Morgan fingerprint density at radius 1 is 1.00 bits per heavy atom. The number of hydrogen-bond donors (Lipinski definition) is 1. The van der Waals surface area contributed by atoms with E-state index in [0.29, 0.717) is 12.6 Å². The lowest BCUT2D eigenvalue weighted by atomic mass is 10.0. The first-order chi connectivity index (χ1) is 10.3. The van der Waals surface area contributed by atoms with E-state index in [-0.39, 0.29) is 0 Å². The van der Waals surface area contributed by atoms with Crippen molar-refractivity contribution in [3.8, 4) is 0 Å². The Hall–Kier alpha value is -1.64. The molecule has 2 aromatic rings. The van der Waals surface area contributed by atoms with Crippen molar-refractivity contribution in [1.29, 1.82) is 0 Å². The van der Waals surface area contributed by atoms with Crippen LogP contribution in [0.5, 0.6) is 0 Å². The van der Waals surface area contributed by atoms with E-state index in [0.717, 1.165) is 13.0 Å². The topological polar surface area (TPSA) is 21.3 Å². The third-order valence-electron chi connectivity index (χ3n) is 3.63. The quantitative estimate of drug-likeness (QED) is 0.772. The minimum atomic E-state index is 0.419. The molecule has 0 bridgehead atoms. The summed E-state index contributed by atoms with van der Waals surface area (Å²) in [5.41, 5.74) is 3.90. The molecule has 0 heterocycles. The zero-order valence-electron chi connectivity index (χ0n) is 13.0. The highest BCUT2D eigenvalue weighted by Crippen LogP contribution is 2.19. The van der Waals surface area contributed by atoms with E-state index in [1.807, 2.05) is 0 Å². The zero-order valence-corrected chi connectivity index (χ0v) is 13.0. The maximum atomic E-state index is 5.20. The van der Waals surface area contributed by atoms with Crippen molar-refractivity contribution in [3.05, 3.63) is 71.3 Å². The van der Waals surface area contributed by atoms with Crippen LogP contribution in [-0.2, 0) is 17.9 Å². The van der Waals surface area contributed by atoms with Crippen LogP contribution in [0.4, 0.5) is 0 Å².